The molecule has 1 aromatic rings. The van der Waals surface area contributed by atoms with Gasteiger partial charge >= 0.3 is 0 Å². The topological polar surface area (TPSA) is 44.5 Å². The SMILES string of the molecule is COCCOCC(N)Cc1cc(Br)ccc1F. The molecule has 5 heteroatoms. The summed E-state index contributed by atoms with van der Waals surface area (Å²) in [7, 11) is 1.61. The summed E-state index contributed by atoms with van der Waals surface area (Å²) in [5.41, 5.74) is 6.46. The highest BCUT2D eigenvalue weighted by Crippen LogP contribution is 2.16. The van der Waals surface area contributed by atoms with Crippen molar-refractivity contribution in [2.75, 3.05) is 26.9 Å². The molecular weight excluding hydrogens is 289 g/mol. The van der Waals surface area contributed by atoms with Crippen LogP contribution in [-0.2, 0) is 15.9 Å². The summed E-state index contributed by atoms with van der Waals surface area (Å²) in [4.78, 5) is 0. The van der Waals surface area contributed by atoms with Crippen molar-refractivity contribution < 1.29 is 13.9 Å². The Morgan fingerprint density at radius 3 is 2.88 bits per heavy atom. The van der Waals surface area contributed by atoms with Gasteiger partial charge in [-0.15, -0.1) is 0 Å². The predicted octanol–water partition coefficient (Wildman–Crippen LogP) is 2.12. The molecule has 0 heterocycles. The van der Waals surface area contributed by atoms with Crippen LogP contribution in [0.15, 0.2) is 22.7 Å². The molecule has 0 amide bonds. The molecule has 0 saturated carbocycles. The summed E-state index contributed by atoms with van der Waals surface area (Å²) >= 11 is 3.30. The van der Waals surface area contributed by atoms with Crippen LogP contribution in [0, 0.1) is 5.82 Å². The van der Waals surface area contributed by atoms with E-state index in [2.05, 4.69) is 15.9 Å². The van der Waals surface area contributed by atoms with E-state index >= 15 is 0 Å². The minimum Gasteiger partial charge on any atom is -0.382 e. The lowest BCUT2D eigenvalue weighted by atomic mass is 10.1. The van der Waals surface area contributed by atoms with E-state index in [0.717, 1.165) is 4.47 Å². The van der Waals surface area contributed by atoms with Crippen LogP contribution in [0.5, 0.6) is 0 Å². The van der Waals surface area contributed by atoms with Crippen LogP contribution in [0.4, 0.5) is 4.39 Å². The summed E-state index contributed by atoms with van der Waals surface area (Å²) < 4.78 is 24.4. The Morgan fingerprint density at radius 1 is 1.41 bits per heavy atom. The van der Waals surface area contributed by atoms with Gasteiger partial charge < -0.3 is 15.2 Å². The maximum absolute atomic E-state index is 13.4. The van der Waals surface area contributed by atoms with E-state index in [1.54, 1.807) is 19.2 Å². The van der Waals surface area contributed by atoms with Crippen molar-refractivity contribution in [2.24, 2.45) is 5.73 Å². The van der Waals surface area contributed by atoms with Gasteiger partial charge in [0, 0.05) is 17.6 Å². The van der Waals surface area contributed by atoms with Crippen molar-refractivity contribution in [3.63, 3.8) is 0 Å². The lowest BCUT2D eigenvalue weighted by Gasteiger charge is -2.13. The number of hydrogen-bond acceptors (Lipinski definition) is 3. The summed E-state index contributed by atoms with van der Waals surface area (Å²) in [5.74, 6) is -0.236. The first-order valence-electron chi connectivity index (χ1n) is 5.39. The maximum atomic E-state index is 13.4. The van der Waals surface area contributed by atoms with Crippen molar-refractivity contribution in [3.8, 4) is 0 Å². The molecule has 0 fully saturated rings. The fraction of sp³-hybridized carbons (Fsp3) is 0.500. The number of ether oxygens (including phenoxy) is 2. The molecule has 1 rings (SSSR count). The molecule has 1 aromatic carbocycles. The third-order valence-corrected chi connectivity index (χ3v) is 2.75. The van der Waals surface area contributed by atoms with Gasteiger partial charge in [-0.3, -0.25) is 0 Å². The summed E-state index contributed by atoms with van der Waals surface area (Å²) in [5, 5.41) is 0. The second-order valence-electron chi connectivity index (χ2n) is 3.77. The first-order chi connectivity index (χ1) is 8.13. The van der Waals surface area contributed by atoms with E-state index < -0.39 is 0 Å². The molecule has 0 bridgehead atoms. The Hall–Kier alpha value is -0.490. The smallest absolute Gasteiger partial charge is 0.126 e. The monoisotopic (exact) mass is 305 g/mol. The van der Waals surface area contributed by atoms with Crippen LogP contribution >= 0.6 is 15.9 Å². The zero-order valence-corrected chi connectivity index (χ0v) is 11.4. The fourth-order valence-corrected chi connectivity index (χ4v) is 1.83. The molecule has 17 heavy (non-hydrogen) atoms. The molecule has 0 aliphatic carbocycles. The summed E-state index contributed by atoms with van der Waals surface area (Å²) in [6.45, 7) is 1.44. The van der Waals surface area contributed by atoms with E-state index in [1.807, 2.05) is 0 Å². The van der Waals surface area contributed by atoms with Crippen LogP contribution in [0.1, 0.15) is 5.56 Å². The Bertz CT molecular complexity index is 349. The van der Waals surface area contributed by atoms with Gasteiger partial charge in [0.25, 0.3) is 0 Å². The number of nitrogens with two attached hydrogens (primary N) is 1. The van der Waals surface area contributed by atoms with Crippen molar-refractivity contribution in [1.29, 1.82) is 0 Å². The lowest BCUT2D eigenvalue weighted by Crippen LogP contribution is -2.29. The molecule has 3 nitrogen and oxygen atoms in total. The molecule has 96 valence electrons. The second-order valence-corrected chi connectivity index (χ2v) is 4.68. The predicted molar refractivity (Wildman–Crippen MR) is 68.5 cm³/mol. The third kappa shape index (κ3) is 5.59. The van der Waals surface area contributed by atoms with Crippen molar-refractivity contribution in [3.05, 3.63) is 34.1 Å². The molecule has 2 N–H and O–H groups in total. The van der Waals surface area contributed by atoms with E-state index in [1.165, 1.54) is 6.07 Å². The Balaban J connectivity index is 2.39. The van der Waals surface area contributed by atoms with E-state index in [-0.39, 0.29) is 11.9 Å². The molecule has 0 saturated heterocycles. The number of rotatable bonds is 7. The largest absolute Gasteiger partial charge is 0.382 e. The summed E-state index contributed by atoms with van der Waals surface area (Å²) in [6.07, 6.45) is 0.457. The third-order valence-electron chi connectivity index (χ3n) is 2.25. The highest BCUT2D eigenvalue weighted by atomic mass is 79.9. The molecule has 0 aliphatic rings. The van der Waals surface area contributed by atoms with Gasteiger partial charge in [-0.2, -0.15) is 0 Å². The number of halogens is 2. The van der Waals surface area contributed by atoms with Crippen molar-refractivity contribution in [2.45, 2.75) is 12.5 Å². The van der Waals surface area contributed by atoms with Crippen LogP contribution in [0.3, 0.4) is 0 Å². The van der Waals surface area contributed by atoms with Gasteiger partial charge in [-0.1, -0.05) is 15.9 Å². The molecule has 0 aliphatic heterocycles. The second kappa shape index (κ2) is 7.76. The molecule has 0 spiro atoms. The number of methoxy groups -OCH3 is 1. The van der Waals surface area contributed by atoms with Crippen LogP contribution in [0.25, 0.3) is 0 Å². The van der Waals surface area contributed by atoms with Crippen LogP contribution < -0.4 is 5.73 Å². The van der Waals surface area contributed by atoms with E-state index in [9.17, 15) is 4.39 Å². The van der Waals surface area contributed by atoms with Gasteiger partial charge in [0.05, 0.1) is 19.8 Å². The zero-order chi connectivity index (χ0) is 12.7. The van der Waals surface area contributed by atoms with Crippen LogP contribution in [0.2, 0.25) is 0 Å². The lowest BCUT2D eigenvalue weighted by molar-refractivity contribution is 0.0636. The molecular formula is C12H17BrFNO2. The Labute approximate surface area is 109 Å². The van der Waals surface area contributed by atoms with Gasteiger partial charge in [-0.25, -0.2) is 4.39 Å². The average Bonchev–Trinajstić information content (AvgIpc) is 2.29. The fourth-order valence-electron chi connectivity index (χ4n) is 1.42. The van der Waals surface area contributed by atoms with Crippen molar-refractivity contribution >= 4 is 15.9 Å². The first kappa shape index (κ1) is 14.6. The van der Waals surface area contributed by atoms with Crippen molar-refractivity contribution in [1.82, 2.24) is 0 Å². The van der Waals surface area contributed by atoms with Gasteiger partial charge in [0.1, 0.15) is 5.82 Å². The number of hydrogen-bond donors (Lipinski definition) is 1. The highest BCUT2D eigenvalue weighted by molar-refractivity contribution is 9.10. The van der Waals surface area contributed by atoms with E-state index in [4.69, 9.17) is 15.2 Å². The van der Waals surface area contributed by atoms with Gasteiger partial charge in [0.2, 0.25) is 0 Å². The normalized spacial score (nSPS) is 12.7. The molecule has 0 aromatic heterocycles. The average molecular weight is 306 g/mol. The van der Waals surface area contributed by atoms with E-state index in [0.29, 0.717) is 31.8 Å². The first-order valence-corrected chi connectivity index (χ1v) is 6.19. The minimum absolute atomic E-state index is 0.212. The minimum atomic E-state index is -0.236. The molecule has 1 unspecified atom stereocenters. The molecule has 0 radical (unpaired) electrons. The molecule has 1 atom stereocenters. The Morgan fingerprint density at radius 2 is 2.18 bits per heavy atom. The van der Waals surface area contributed by atoms with Crippen LogP contribution in [-0.4, -0.2) is 33.0 Å². The maximum Gasteiger partial charge on any atom is 0.126 e. The standard InChI is InChI=1S/C12H17BrFNO2/c1-16-4-5-17-8-11(15)7-9-6-10(13)2-3-12(9)14/h2-3,6,11H,4-5,7-8,15H2,1H3. The Kier molecular flexibility index (Phi) is 6.65. The summed E-state index contributed by atoms with van der Waals surface area (Å²) in [6, 6.07) is 4.62. The van der Waals surface area contributed by atoms with Gasteiger partial charge in [0.15, 0.2) is 0 Å². The zero-order valence-electron chi connectivity index (χ0n) is 9.79. The quantitative estimate of drug-likeness (QED) is 0.785. The van der Waals surface area contributed by atoms with Gasteiger partial charge in [-0.05, 0) is 30.2 Å². The highest BCUT2D eigenvalue weighted by Gasteiger charge is 2.09. The number of benzene rings is 1.